The van der Waals surface area contributed by atoms with Gasteiger partial charge in [0.1, 0.15) is 0 Å². The Kier molecular flexibility index (Phi) is 5.36. The summed E-state index contributed by atoms with van der Waals surface area (Å²) in [5, 5.41) is 6.52. The summed E-state index contributed by atoms with van der Waals surface area (Å²) in [6.45, 7) is 3.73. The van der Waals surface area contributed by atoms with Crippen molar-refractivity contribution in [3.8, 4) is 0 Å². The van der Waals surface area contributed by atoms with Crippen molar-refractivity contribution in [2.24, 2.45) is 4.99 Å². The number of hydrogen-bond donors (Lipinski definition) is 3. The zero-order valence-electron chi connectivity index (χ0n) is 11.6. The van der Waals surface area contributed by atoms with E-state index < -0.39 is 0 Å². The summed E-state index contributed by atoms with van der Waals surface area (Å²) < 4.78 is 0. The molecule has 0 aromatic heterocycles. The number of nitrogens with one attached hydrogen (secondary N) is 2. The fourth-order valence-corrected chi connectivity index (χ4v) is 3.00. The van der Waals surface area contributed by atoms with Crippen molar-refractivity contribution in [2.45, 2.75) is 44.7 Å². The van der Waals surface area contributed by atoms with Crippen molar-refractivity contribution in [1.29, 1.82) is 0 Å². The smallest absolute Gasteiger partial charge is 0.241 e. The molecular weight excluding hydrogens is 260 g/mol. The second kappa shape index (κ2) is 7.03. The highest BCUT2D eigenvalue weighted by Crippen LogP contribution is 2.24. The second-order valence-corrected chi connectivity index (χ2v) is 5.58. The maximum absolute atomic E-state index is 12.0. The van der Waals surface area contributed by atoms with Crippen molar-refractivity contribution in [3.63, 3.8) is 0 Å². The molecule has 1 amide bonds. The zero-order valence-corrected chi connectivity index (χ0v) is 12.5. The standard InChI is InChI=1S/C13H24N4OS/c1-2-17(7-8-19)12(18)9-14-13-15-10-5-3-4-6-11(10)16-13/h10-11,19H,2-9H2,1H3,(H2,14,15,16)/t10-,11+. The molecule has 1 aliphatic heterocycles. The van der Waals surface area contributed by atoms with E-state index in [2.05, 4.69) is 28.3 Å². The minimum atomic E-state index is 0.107. The second-order valence-electron chi connectivity index (χ2n) is 5.13. The van der Waals surface area contributed by atoms with Crippen LogP contribution in [0.2, 0.25) is 0 Å². The van der Waals surface area contributed by atoms with Crippen LogP contribution in [0.4, 0.5) is 0 Å². The van der Waals surface area contributed by atoms with E-state index in [-0.39, 0.29) is 5.91 Å². The largest absolute Gasteiger partial charge is 0.352 e. The Hall–Kier alpha value is -0.910. The highest BCUT2D eigenvalue weighted by Gasteiger charge is 2.30. The lowest BCUT2D eigenvalue weighted by Crippen LogP contribution is -2.46. The van der Waals surface area contributed by atoms with E-state index in [1.165, 1.54) is 19.3 Å². The first-order valence-corrected chi connectivity index (χ1v) is 7.84. The summed E-state index contributed by atoms with van der Waals surface area (Å²) in [6, 6.07) is 0.886. The predicted molar refractivity (Wildman–Crippen MR) is 80.7 cm³/mol. The average Bonchev–Trinajstić information content (AvgIpc) is 2.85. The molecule has 0 spiro atoms. The van der Waals surface area contributed by atoms with Crippen LogP contribution in [0.25, 0.3) is 0 Å². The van der Waals surface area contributed by atoms with Crippen molar-refractivity contribution < 1.29 is 4.79 Å². The van der Waals surface area contributed by atoms with Gasteiger partial charge in [-0.15, -0.1) is 0 Å². The van der Waals surface area contributed by atoms with E-state index in [0.717, 1.165) is 18.9 Å². The molecule has 0 unspecified atom stereocenters. The Labute approximate surface area is 120 Å². The van der Waals surface area contributed by atoms with Crippen LogP contribution >= 0.6 is 12.6 Å². The van der Waals surface area contributed by atoms with Gasteiger partial charge in [-0.2, -0.15) is 12.6 Å². The van der Waals surface area contributed by atoms with E-state index in [0.29, 0.717) is 30.9 Å². The highest BCUT2D eigenvalue weighted by molar-refractivity contribution is 7.80. The van der Waals surface area contributed by atoms with Gasteiger partial charge in [0.05, 0.1) is 18.6 Å². The molecule has 19 heavy (non-hydrogen) atoms. The van der Waals surface area contributed by atoms with Crippen LogP contribution in [-0.2, 0) is 4.79 Å². The van der Waals surface area contributed by atoms with Crippen molar-refractivity contribution in [3.05, 3.63) is 0 Å². The Morgan fingerprint density at radius 2 is 2.32 bits per heavy atom. The lowest BCUT2D eigenvalue weighted by molar-refractivity contribution is -0.129. The van der Waals surface area contributed by atoms with E-state index in [9.17, 15) is 4.79 Å². The van der Waals surface area contributed by atoms with Crippen LogP contribution in [0, 0.1) is 0 Å². The maximum Gasteiger partial charge on any atom is 0.241 e. The molecular formula is C13H24N4OS. The molecule has 1 saturated carbocycles. The topological polar surface area (TPSA) is 56.7 Å². The SMILES string of the molecule is CCN(CCS)C(=O)CNC1=N[C@@H]2CCCC[C@@H]2N1. The number of fused-ring (bicyclic) bond motifs is 1. The third-order valence-electron chi connectivity index (χ3n) is 3.86. The maximum atomic E-state index is 12.0. The molecule has 2 rings (SSSR count). The monoisotopic (exact) mass is 284 g/mol. The minimum absolute atomic E-state index is 0.107. The van der Waals surface area contributed by atoms with Gasteiger partial charge in [0.25, 0.3) is 0 Å². The van der Waals surface area contributed by atoms with Gasteiger partial charge in [0, 0.05) is 18.8 Å². The Bertz CT molecular complexity index is 348. The van der Waals surface area contributed by atoms with Crippen molar-refractivity contribution in [1.82, 2.24) is 15.5 Å². The predicted octanol–water partition coefficient (Wildman–Crippen LogP) is 0.625. The number of carbonyl (C=O) groups excluding carboxylic acids is 1. The number of thiol groups is 1. The van der Waals surface area contributed by atoms with Crippen LogP contribution < -0.4 is 10.6 Å². The number of guanidine groups is 1. The molecule has 0 aromatic carbocycles. The van der Waals surface area contributed by atoms with Gasteiger partial charge >= 0.3 is 0 Å². The molecule has 1 aliphatic carbocycles. The first-order valence-electron chi connectivity index (χ1n) is 7.21. The van der Waals surface area contributed by atoms with Crippen molar-refractivity contribution >= 4 is 24.5 Å². The van der Waals surface area contributed by atoms with Crippen LogP contribution in [0.5, 0.6) is 0 Å². The molecule has 2 atom stereocenters. The number of carbonyl (C=O) groups is 1. The fraction of sp³-hybridized carbons (Fsp3) is 0.846. The number of hydrogen-bond acceptors (Lipinski definition) is 5. The van der Waals surface area contributed by atoms with Gasteiger partial charge in [0.15, 0.2) is 5.96 Å². The number of aliphatic imine (C=N–C) groups is 1. The zero-order chi connectivity index (χ0) is 13.7. The van der Waals surface area contributed by atoms with E-state index in [1.807, 2.05) is 11.8 Å². The van der Waals surface area contributed by atoms with Gasteiger partial charge in [0.2, 0.25) is 5.91 Å². The lowest BCUT2D eigenvalue weighted by atomic mass is 9.92. The summed E-state index contributed by atoms with van der Waals surface area (Å²) in [7, 11) is 0. The third-order valence-corrected chi connectivity index (χ3v) is 4.06. The Morgan fingerprint density at radius 1 is 1.53 bits per heavy atom. The summed E-state index contributed by atoms with van der Waals surface area (Å²) >= 11 is 4.17. The molecule has 0 saturated heterocycles. The molecule has 2 aliphatic rings. The van der Waals surface area contributed by atoms with Gasteiger partial charge in [-0.05, 0) is 19.8 Å². The van der Waals surface area contributed by atoms with Gasteiger partial charge in [-0.3, -0.25) is 4.79 Å². The molecule has 1 heterocycles. The van der Waals surface area contributed by atoms with Crippen LogP contribution in [0.15, 0.2) is 4.99 Å². The van der Waals surface area contributed by atoms with Crippen LogP contribution in [0.1, 0.15) is 32.6 Å². The minimum Gasteiger partial charge on any atom is -0.352 e. The summed E-state index contributed by atoms with van der Waals surface area (Å²) in [4.78, 5) is 18.4. The quantitative estimate of drug-likeness (QED) is 0.649. The lowest BCUT2D eigenvalue weighted by Gasteiger charge is -2.23. The normalized spacial score (nSPS) is 25.3. The molecule has 0 radical (unpaired) electrons. The van der Waals surface area contributed by atoms with Gasteiger partial charge < -0.3 is 15.5 Å². The number of amides is 1. The Balaban J connectivity index is 1.77. The summed E-state index contributed by atoms with van der Waals surface area (Å²) in [5.41, 5.74) is 0. The number of nitrogens with zero attached hydrogens (tertiary/aromatic N) is 2. The van der Waals surface area contributed by atoms with Crippen LogP contribution in [-0.4, -0.2) is 54.2 Å². The fourth-order valence-electron chi connectivity index (χ4n) is 2.76. The molecule has 6 heteroatoms. The average molecular weight is 284 g/mol. The van der Waals surface area contributed by atoms with Gasteiger partial charge in [-0.1, -0.05) is 12.8 Å². The van der Waals surface area contributed by atoms with Crippen molar-refractivity contribution in [2.75, 3.05) is 25.4 Å². The molecule has 1 fully saturated rings. The number of rotatable bonds is 5. The van der Waals surface area contributed by atoms with Crippen LogP contribution in [0.3, 0.4) is 0 Å². The molecule has 0 aromatic rings. The van der Waals surface area contributed by atoms with E-state index in [1.54, 1.807) is 0 Å². The number of likely N-dealkylation sites (N-methyl/N-ethyl adjacent to an activating group) is 1. The first-order chi connectivity index (χ1) is 9.24. The molecule has 5 nitrogen and oxygen atoms in total. The summed E-state index contributed by atoms with van der Waals surface area (Å²) in [6.07, 6.45) is 4.90. The third kappa shape index (κ3) is 3.78. The molecule has 108 valence electrons. The first kappa shape index (κ1) is 14.5. The molecule has 0 bridgehead atoms. The van der Waals surface area contributed by atoms with E-state index >= 15 is 0 Å². The van der Waals surface area contributed by atoms with E-state index in [4.69, 9.17) is 0 Å². The molecule has 2 N–H and O–H groups in total. The highest BCUT2D eigenvalue weighted by atomic mass is 32.1. The van der Waals surface area contributed by atoms with Gasteiger partial charge in [-0.25, -0.2) is 4.99 Å². The Morgan fingerprint density at radius 3 is 3.00 bits per heavy atom. The summed E-state index contributed by atoms with van der Waals surface area (Å²) in [5.74, 6) is 1.60.